The summed E-state index contributed by atoms with van der Waals surface area (Å²) in [6.45, 7) is 14.3. The Kier molecular flexibility index (Phi) is 6.59. The van der Waals surface area contributed by atoms with Gasteiger partial charge in [0.1, 0.15) is 17.1 Å². The zero-order chi connectivity index (χ0) is 23.6. The minimum absolute atomic E-state index is 0.231. The average Bonchev–Trinajstić information content (AvgIpc) is 3.31. The van der Waals surface area contributed by atoms with E-state index < -0.39 is 0 Å². The molecule has 33 heavy (non-hydrogen) atoms. The van der Waals surface area contributed by atoms with Gasteiger partial charge in [0.2, 0.25) is 0 Å². The van der Waals surface area contributed by atoms with Crippen LogP contribution in [-0.4, -0.2) is 27.2 Å². The van der Waals surface area contributed by atoms with Gasteiger partial charge in [-0.05, 0) is 93.8 Å². The topological polar surface area (TPSA) is 49.2 Å². The maximum Gasteiger partial charge on any atom is 0.126 e. The molecule has 1 atom stereocenters. The van der Waals surface area contributed by atoms with Gasteiger partial charge in [-0.3, -0.25) is 0 Å². The van der Waals surface area contributed by atoms with E-state index in [1.54, 1.807) is 6.20 Å². The van der Waals surface area contributed by atoms with Gasteiger partial charge in [0.25, 0.3) is 0 Å². The van der Waals surface area contributed by atoms with E-state index in [1.807, 2.05) is 23.9 Å². The first kappa shape index (κ1) is 23.1. The summed E-state index contributed by atoms with van der Waals surface area (Å²) in [4.78, 5) is 0. The zero-order valence-corrected chi connectivity index (χ0v) is 20.7. The molecule has 0 saturated carbocycles. The van der Waals surface area contributed by atoms with Gasteiger partial charge in [0.15, 0.2) is 0 Å². The molecule has 1 aliphatic heterocycles. The standard InChI is InChI=1S/C28H35N3O2/c1-7-8-24-10-9-23(18-31-15-14-29-30-31)17-26(24)32-16-13-28(6)12-11-25-21(4)19(2)20(3)22(5)27(25)33-28/h7-10,14-15,17H,11-13,16,18H2,1-6H3/b8-7+. The van der Waals surface area contributed by atoms with Gasteiger partial charge < -0.3 is 9.47 Å². The molecule has 0 amide bonds. The Labute approximate surface area is 197 Å². The minimum Gasteiger partial charge on any atom is -0.493 e. The molecule has 2 aromatic carbocycles. The first-order valence-corrected chi connectivity index (χ1v) is 11.8. The summed E-state index contributed by atoms with van der Waals surface area (Å²) in [5.74, 6) is 1.98. The van der Waals surface area contributed by atoms with E-state index in [4.69, 9.17) is 9.47 Å². The third-order valence-electron chi connectivity index (χ3n) is 7.14. The molecule has 3 aromatic rings. The molecule has 0 spiro atoms. The predicted molar refractivity (Wildman–Crippen MR) is 133 cm³/mol. The van der Waals surface area contributed by atoms with Crippen molar-refractivity contribution in [2.45, 2.75) is 73.0 Å². The molecule has 0 aliphatic carbocycles. The summed E-state index contributed by atoms with van der Waals surface area (Å²) < 4.78 is 14.8. The van der Waals surface area contributed by atoms with E-state index in [2.05, 4.69) is 69.2 Å². The SMILES string of the molecule is C/C=C/c1ccc(Cn2ccnn2)cc1OCCC1(C)CCc2c(C)c(C)c(C)c(C)c2O1. The van der Waals surface area contributed by atoms with Crippen LogP contribution in [0.5, 0.6) is 11.5 Å². The van der Waals surface area contributed by atoms with Crippen LogP contribution in [0.25, 0.3) is 6.08 Å². The third-order valence-corrected chi connectivity index (χ3v) is 7.14. The lowest BCUT2D eigenvalue weighted by Gasteiger charge is -2.38. The summed E-state index contributed by atoms with van der Waals surface area (Å²) in [5, 5.41) is 7.96. The average molecular weight is 446 g/mol. The number of aromatic nitrogens is 3. The first-order valence-electron chi connectivity index (χ1n) is 11.8. The number of fused-ring (bicyclic) bond motifs is 1. The van der Waals surface area contributed by atoms with Gasteiger partial charge in [-0.1, -0.05) is 29.5 Å². The highest BCUT2D eigenvalue weighted by molar-refractivity contribution is 5.58. The van der Waals surface area contributed by atoms with Gasteiger partial charge in [0.05, 0.1) is 19.3 Å². The second-order valence-corrected chi connectivity index (χ2v) is 9.43. The van der Waals surface area contributed by atoms with Crippen LogP contribution in [0.3, 0.4) is 0 Å². The molecule has 0 saturated heterocycles. The number of benzene rings is 2. The van der Waals surface area contributed by atoms with Gasteiger partial charge in [0, 0.05) is 18.2 Å². The molecule has 5 heteroatoms. The van der Waals surface area contributed by atoms with Crippen LogP contribution < -0.4 is 9.47 Å². The molecular weight excluding hydrogens is 410 g/mol. The lowest BCUT2D eigenvalue weighted by atomic mass is 9.84. The van der Waals surface area contributed by atoms with E-state index in [0.717, 1.165) is 41.9 Å². The van der Waals surface area contributed by atoms with Crippen molar-refractivity contribution in [1.82, 2.24) is 15.0 Å². The fourth-order valence-corrected chi connectivity index (χ4v) is 4.66. The van der Waals surface area contributed by atoms with Crippen molar-refractivity contribution < 1.29 is 9.47 Å². The molecule has 2 heterocycles. The van der Waals surface area contributed by atoms with E-state index in [0.29, 0.717) is 13.2 Å². The van der Waals surface area contributed by atoms with Crippen LogP contribution in [0.1, 0.15) is 65.6 Å². The summed E-state index contributed by atoms with van der Waals surface area (Å²) in [6, 6.07) is 6.33. The number of allylic oxidation sites excluding steroid dienone is 1. The molecule has 174 valence electrons. The Morgan fingerprint density at radius 2 is 1.91 bits per heavy atom. The number of hydrogen-bond acceptors (Lipinski definition) is 4. The van der Waals surface area contributed by atoms with Crippen molar-refractivity contribution in [3.05, 3.63) is 75.6 Å². The van der Waals surface area contributed by atoms with Crippen molar-refractivity contribution in [2.75, 3.05) is 6.61 Å². The normalized spacial score (nSPS) is 17.8. The summed E-state index contributed by atoms with van der Waals surface area (Å²) >= 11 is 0. The molecular formula is C28H35N3O2. The number of rotatable bonds is 7. The Morgan fingerprint density at radius 3 is 2.64 bits per heavy atom. The maximum absolute atomic E-state index is 6.66. The second kappa shape index (κ2) is 9.42. The number of hydrogen-bond donors (Lipinski definition) is 0. The molecule has 4 rings (SSSR count). The zero-order valence-electron chi connectivity index (χ0n) is 20.7. The van der Waals surface area contributed by atoms with E-state index >= 15 is 0 Å². The lowest BCUT2D eigenvalue weighted by molar-refractivity contribution is 0.0412. The fourth-order valence-electron chi connectivity index (χ4n) is 4.66. The van der Waals surface area contributed by atoms with E-state index in [-0.39, 0.29) is 5.60 Å². The molecule has 0 radical (unpaired) electrons. The highest BCUT2D eigenvalue weighted by atomic mass is 16.5. The molecule has 0 fully saturated rings. The van der Waals surface area contributed by atoms with Crippen molar-refractivity contribution in [3.8, 4) is 11.5 Å². The minimum atomic E-state index is -0.231. The third kappa shape index (κ3) is 4.82. The van der Waals surface area contributed by atoms with Crippen LogP contribution in [0.4, 0.5) is 0 Å². The van der Waals surface area contributed by atoms with Gasteiger partial charge in [-0.15, -0.1) is 5.10 Å². The van der Waals surface area contributed by atoms with Gasteiger partial charge >= 0.3 is 0 Å². The largest absolute Gasteiger partial charge is 0.493 e. The quantitative estimate of drug-likeness (QED) is 0.438. The van der Waals surface area contributed by atoms with Gasteiger partial charge in [-0.2, -0.15) is 0 Å². The second-order valence-electron chi connectivity index (χ2n) is 9.43. The van der Waals surface area contributed by atoms with Crippen LogP contribution in [0, 0.1) is 27.7 Å². The Hall–Kier alpha value is -3.08. The lowest BCUT2D eigenvalue weighted by Crippen LogP contribution is -2.38. The van der Waals surface area contributed by atoms with Crippen LogP contribution in [0.15, 0.2) is 36.7 Å². The first-order chi connectivity index (χ1) is 15.8. The van der Waals surface area contributed by atoms with Gasteiger partial charge in [-0.25, -0.2) is 4.68 Å². The highest BCUT2D eigenvalue weighted by Gasteiger charge is 2.34. The molecule has 0 N–H and O–H groups in total. The van der Waals surface area contributed by atoms with Crippen LogP contribution in [-0.2, 0) is 13.0 Å². The molecule has 1 unspecified atom stereocenters. The van der Waals surface area contributed by atoms with Crippen molar-refractivity contribution >= 4 is 6.08 Å². The molecule has 5 nitrogen and oxygen atoms in total. The Balaban J connectivity index is 1.48. The van der Waals surface area contributed by atoms with Crippen molar-refractivity contribution in [3.63, 3.8) is 0 Å². The van der Waals surface area contributed by atoms with E-state index in [9.17, 15) is 0 Å². The van der Waals surface area contributed by atoms with Crippen molar-refractivity contribution in [1.29, 1.82) is 0 Å². The molecule has 0 bridgehead atoms. The summed E-state index contributed by atoms with van der Waals surface area (Å²) in [6.07, 6.45) is 10.6. The van der Waals surface area contributed by atoms with Crippen LogP contribution in [0.2, 0.25) is 0 Å². The maximum atomic E-state index is 6.66. The molecule has 1 aromatic heterocycles. The van der Waals surface area contributed by atoms with Crippen LogP contribution >= 0.6 is 0 Å². The van der Waals surface area contributed by atoms with Crippen molar-refractivity contribution in [2.24, 2.45) is 0 Å². The Morgan fingerprint density at radius 1 is 1.12 bits per heavy atom. The smallest absolute Gasteiger partial charge is 0.126 e. The molecule has 1 aliphatic rings. The summed E-state index contributed by atoms with van der Waals surface area (Å²) in [5.41, 5.74) is 8.75. The fraction of sp³-hybridized carbons (Fsp3) is 0.429. The number of nitrogens with zero attached hydrogens (tertiary/aromatic N) is 3. The Bertz CT molecular complexity index is 1160. The van der Waals surface area contributed by atoms with E-state index in [1.165, 1.54) is 27.8 Å². The predicted octanol–water partition coefficient (Wildman–Crippen LogP) is 6.15. The number of ether oxygens (including phenoxy) is 2. The summed E-state index contributed by atoms with van der Waals surface area (Å²) in [7, 11) is 0. The monoisotopic (exact) mass is 445 g/mol. The highest BCUT2D eigenvalue weighted by Crippen LogP contribution is 2.41.